The highest BCUT2D eigenvalue weighted by atomic mass is 16.1. The van der Waals surface area contributed by atoms with Gasteiger partial charge in [-0.3, -0.25) is 0 Å². The average Bonchev–Trinajstić information content (AvgIpc) is 2.12. The van der Waals surface area contributed by atoms with Crippen LogP contribution in [0.15, 0.2) is 0 Å². The second-order valence-electron chi connectivity index (χ2n) is 6.69. The molecule has 0 heterocycles. The summed E-state index contributed by atoms with van der Waals surface area (Å²) in [6, 6.07) is 0. The number of ketones is 1. The summed E-state index contributed by atoms with van der Waals surface area (Å²) in [5.74, 6) is 0.852. The number of carbonyl (C=O) groups is 1. The van der Waals surface area contributed by atoms with E-state index in [1.807, 2.05) is 0 Å². The molecule has 0 aromatic rings. The van der Waals surface area contributed by atoms with Gasteiger partial charge in [-0.25, -0.2) is 0 Å². The zero-order chi connectivity index (χ0) is 13.0. The van der Waals surface area contributed by atoms with E-state index in [0.717, 1.165) is 12.8 Å². The fourth-order valence-corrected chi connectivity index (χ4v) is 2.82. The molecule has 0 rings (SSSR count). The summed E-state index contributed by atoms with van der Waals surface area (Å²) in [4.78, 5) is 11.3. The minimum Gasteiger partial charge on any atom is -0.300 e. The van der Waals surface area contributed by atoms with Crippen LogP contribution in [0.4, 0.5) is 0 Å². The molecule has 0 amide bonds. The van der Waals surface area contributed by atoms with Gasteiger partial charge in [0.15, 0.2) is 0 Å². The van der Waals surface area contributed by atoms with Crippen LogP contribution in [0.5, 0.6) is 0 Å². The van der Waals surface area contributed by atoms with Crippen LogP contribution in [-0.4, -0.2) is 5.78 Å². The Hall–Kier alpha value is -0.330. The largest absolute Gasteiger partial charge is 0.300 e. The monoisotopic (exact) mass is 226 g/mol. The molecule has 1 heteroatoms. The number of rotatable bonds is 7. The Balaban J connectivity index is 4.66. The van der Waals surface area contributed by atoms with Crippen molar-refractivity contribution < 1.29 is 4.79 Å². The van der Waals surface area contributed by atoms with Crippen molar-refractivity contribution in [2.45, 2.75) is 74.1 Å². The molecule has 0 aliphatic heterocycles. The highest BCUT2D eigenvalue weighted by molar-refractivity contribution is 5.75. The Bertz CT molecular complexity index is 226. The maximum absolute atomic E-state index is 11.3. The molecule has 96 valence electrons. The molecule has 0 N–H and O–H groups in total. The van der Waals surface area contributed by atoms with Gasteiger partial charge in [0.05, 0.1) is 0 Å². The topological polar surface area (TPSA) is 17.1 Å². The fourth-order valence-electron chi connectivity index (χ4n) is 2.82. The van der Waals surface area contributed by atoms with Gasteiger partial charge >= 0.3 is 0 Å². The van der Waals surface area contributed by atoms with Gasteiger partial charge < -0.3 is 4.79 Å². The molecule has 0 saturated carbocycles. The van der Waals surface area contributed by atoms with E-state index in [4.69, 9.17) is 0 Å². The third kappa shape index (κ3) is 5.14. The molecular weight excluding hydrogens is 196 g/mol. The number of Topliss-reactive ketones (excluding diaryl/α,β-unsaturated/α-hetero) is 1. The van der Waals surface area contributed by atoms with E-state index >= 15 is 0 Å². The standard InChI is InChI=1S/C15H30O/c1-8-13(10-12(3)16)15(6,7)11-14(4,5)9-2/h13H,8-11H2,1-7H3. The summed E-state index contributed by atoms with van der Waals surface area (Å²) in [6.07, 6.45) is 4.24. The van der Waals surface area contributed by atoms with Crippen LogP contribution in [-0.2, 0) is 4.79 Å². The summed E-state index contributed by atoms with van der Waals surface area (Å²) in [7, 11) is 0. The molecule has 0 aliphatic rings. The normalized spacial score (nSPS) is 14.9. The quantitative estimate of drug-likeness (QED) is 0.607. The first kappa shape index (κ1) is 15.7. The minimum absolute atomic E-state index is 0.264. The van der Waals surface area contributed by atoms with Crippen molar-refractivity contribution in [3.63, 3.8) is 0 Å². The van der Waals surface area contributed by atoms with Gasteiger partial charge in [-0.2, -0.15) is 0 Å². The van der Waals surface area contributed by atoms with Crippen molar-refractivity contribution in [2.75, 3.05) is 0 Å². The van der Waals surface area contributed by atoms with E-state index in [2.05, 4.69) is 41.5 Å². The zero-order valence-corrected chi connectivity index (χ0v) is 12.3. The Morgan fingerprint density at radius 2 is 1.62 bits per heavy atom. The van der Waals surface area contributed by atoms with Crippen molar-refractivity contribution in [2.24, 2.45) is 16.7 Å². The van der Waals surface area contributed by atoms with E-state index in [9.17, 15) is 4.79 Å². The molecule has 0 fully saturated rings. The zero-order valence-electron chi connectivity index (χ0n) is 12.3. The Morgan fingerprint density at radius 3 is 1.94 bits per heavy atom. The molecule has 1 atom stereocenters. The molecule has 0 radical (unpaired) electrons. The van der Waals surface area contributed by atoms with E-state index in [1.165, 1.54) is 12.8 Å². The summed E-state index contributed by atoms with van der Waals surface area (Å²) in [5, 5.41) is 0. The molecule has 0 aromatic heterocycles. The number of hydrogen-bond donors (Lipinski definition) is 0. The maximum Gasteiger partial charge on any atom is 0.130 e. The smallest absolute Gasteiger partial charge is 0.130 e. The first-order valence-corrected chi connectivity index (χ1v) is 6.64. The van der Waals surface area contributed by atoms with Gasteiger partial charge in [0.1, 0.15) is 5.78 Å². The van der Waals surface area contributed by atoms with Crippen LogP contribution in [0.2, 0.25) is 0 Å². The second kappa shape index (κ2) is 5.84. The van der Waals surface area contributed by atoms with Crippen LogP contribution in [0.3, 0.4) is 0 Å². The SMILES string of the molecule is CCC(CC(C)=O)C(C)(C)CC(C)(C)CC. The van der Waals surface area contributed by atoms with E-state index in [0.29, 0.717) is 17.1 Å². The maximum atomic E-state index is 11.3. The minimum atomic E-state index is 0.264. The van der Waals surface area contributed by atoms with Gasteiger partial charge in [-0.1, -0.05) is 54.4 Å². The molecule has 0 spiro atoms. The first-order chi connectivity index (χ1) is 7.14. The predicted octanol–water partition coefficient (Wildman–Crippen LogP) is 4.84. The van der Waals surface area contributed by atoms with Gasteiger partial charge in [0, 0.05) is 6.42 Å². The van der Waals surface area contributed by atoms with E-state index in [-0.39, 0.29) is 5.41 Å². The van der Waals surface area contributed by atoms with Crippen LogP contribution in [0, 0.1) is 16.7 Å². The summed E-state index contributed by atoms with van der Waals surface area (Å²) < 4.78 is 0. The molecule has 0 aliphatic carbocycles. The Labute approximate surface area is 102 Å². The molecule has 1 nitrogen and oxygen atoms in total. The lowest BCUT2D eigenvalue weighted by Crippen LogP contribution is -2.31. The number of hydrogen-bond acceptors (Lipinski definition) is 1. The van der Waals surface area contributed by atoms with Crippen molar-refractivity contribution in [1.82, 2.24) is 0 Å². The molecular formula is C15H30O. The van der Waals surface area contributed by atoms with Gasteiger partial charge in [0.25, 0.3) is 0 Å². The Kier molecular flexibility index (Phi) is 5.72. The molecule has 0 aromatic carbocycles. The van der Waals surface area contributed by atoms with Crippen LogP contribution >= 0.6 is 0 Å². The number of carbonyl (C=O) groups excluding carboxylic acids is 1. The third-order valence-corrected chi connectivity index (χ3v) is 4.02. The molecule has 0 saturated heterocycles. The van der Waals surface area contributed by atoms with Gasteiger partial charge in [-0.15, -0.1) is 0 Å². The molecule has 0 bridgehead atoms. The van der Waals surface area contributed by atoms with Crippen molar-refractivity contribution in [1.29, 1.82) is 0 Å². The van der Waals surface area contributed by atoms with Gasteiger partial charge in [-0.05, 0) is 30.1 Å². The van der Waals surface area contributed by atoms with Gasteiger partial charge in [0.2, 0.25) is 0 Å². The van der Waals surface area contributed by atoms with Crippen molar-refractivity contribution in [3.8, 4) is 0 Å². The predicted molar refractivity (Wildman–Crippen MR) is 71.5 cm³/mol. The van der Waals surface area contributed by atoms with E-state index in [1.54, 1.807) is 6.92 Å². The Morgan fingerprint density at radius 1 is 1.12 bits per heavy atom. The molecule has 1 unspecified atom stereocenters. The lowest BCUT2D eigenvalue weighted by Gasteiger charge is -2.40. The van der Waals surface area contributed by atoms with Crippen LogP contribution in [0.1, 0.15) is 74.1 Å². The lowest BCUT2D eigenvalue weighted by molar-refractivity contribution is -0.119. The summed E-state index contributed by atoms with van der Waals surface area (Å²) in [6.45, 7) is 15.5. The first-order valence-electron chi connectivity index (χ1n) is 6.64. The van der Waals surface area contributed by atoms with E-state index < -0.39 is 0 Å². The highest BCUT2D eigenvalue weighted by Crippen LogP contribution is 2.43. The van der Waals surface area contributed by atoms with Crippen molar-refractivity contribution in [3.05, 3.63) is 0 Å². The van der Waals surface area contributed by atoms with Crippen LogP contribution < -0.4 is 0 Å². The average molecular weight is 226 g/mol. The van der Waals surface area contributed by atoms with Crippen LogP contribution in [0.25, 0.3) is 0 Å². The lowest BCUT2D eigenvalue weighted by atomic mass is 9.65. The fraction of sp³-hybridized carbons (Fsp3) is 0.933. The van der Waals surface area contributed by atoms with Crippen molar-refractivity contribution >= 4 is 5.78 Å². The summed E-state index contributed by atoms with van der Waals surface area (Å²) in [5.41, 5.74) is 0.646. The summed E-state index contributed by atoms with van der Waals surface area (Å²) >= 11 is 0. The third-order valence-electron chi connectivity index (χ3n) is 4.02. The highest BCUT2D eigenvalue weighted by Gasteiger charge is 2.34. The second-order valence-corrected chi connectivity index (χ2v) is 6.69. The molecule has 16 heavy (non-hydrogen) atoms.